The van der Waals surface area contributed by atoms with E-state index in [-0.39, 0.29) is 11.6 Å². The van der Waals surface area contributed by atoms with Crippen LogP contribution >= 0.6 is 0 Å². The van der Waals surface area contributed by atoms with E-state index in [0.717, 1.165) is 23.5 Å². The van der Waals surface area contributed by atoms with Crippen LogP contribution in [0, 0.1) is 0 Å². The van der Waals surface area contributed by atoms with Crippen LogP contribution in [-0.4, -0.2) is 27.7 Å². The maximum atomic E-state index is 12.7. The van der Waals surface area contributed by atoms with Crippen LogP contribution in [0.5, 0.6) is 11.5 Å². The number of ether oxygens (including phenoxy) is 2. The number of benzene rings is 1. The Morgan fingerprint density at radius 2 is 2.00 bits per heavy atom. The van der Waals surface area contributed by atoms with Gasteiger partial charge >= 0.3 is 0 Å². The molecule has 6 heteroatoms. The molecule has 0 spiro atoms. The van der Waals surface area contributed by atoms with Gasteiger partial charge in [0.1, 0.15) is 0 Å². The van der Waals surface area contributed by atoms with Crippen molar-refractivity contribution in [2.45, 2.75) is 19.4 Å². The van der Waals surface area contributed by atoms with Crippen LogP contribution in [0.15, 0.2) is 47.8 Å². The predicted octanol–water partition coefficient (Wildman–Crippen LogP) is 2.56. The number of hydrogen-bond donors (Lipinski definition) is 0. The molecular weight excluding hydrogens is 306 g/mol. The van der Waals surface area contributed by atoms with Crippen molar-refractivity contribution in [2.75, 3.05) is 13.2 Å². The Bertz CT molecular complexity index is 952. The average Bonchev–Trinajstić information content (AvgIpc) is 2.86. The summed E-state index contributed by atoms with van der Waals surface area (Å²) >= 11 is 0. The Hall–Kier alpha value is -2.89. The van der Waals surface area contributed by atoms with Gasteiger partial charge in [-0.05, 0) is 30.7 Å². The Balaban J connectivity index is 1.76. The second-order valence-corrected chi connectivity index (χ2v) is 5.78. The van der Waals surface area contributed by atoms with E-state index in [9.17, 15) is 4.79 Å². The van der Waals surface area contributed by atoms with Gasteiger partial charge in [-0.25, -0.2) is 4.98 Å². The van der Waals surface area contributed by atoms with Crippen LogP contribution in [-0.2, 0) is 0 Å². The zero-order valence-electron chi connectivity index (χ0n) is 13.3. The van der Waals surface area contributed by atoms with Gasteiger partial charge in [0, 0.05) is 12.6 Å². The van der Waals surface area contributed by atoms with Crippen LogP contribution in [0.25, 0.3) is 10.9 Å². The van der Waals surface area contributed by atoms with Crippen molar-refractivity contribution in [2.24, 2.45) is 0 Å². The molecule has 1 aliphatic rings. The minimum atomic E-state index is -0.167. The number of nitrogens with zero attached hydrogens (tertiary/aromatic N) is 3. The molecule has 24 heavy (non-hydrogen) atoms. The van der Waals surface area contributed by atoms with Crippen molar-refractivity contribution >= 4 is 10.9 Å². The molecule has 0 saturated carbocycles. The van der Waals surface area contributed by atoms with E-state index >= 15 is 0 Å². The first-order valence-corrected chi connectivity index (χ1v) is 7.94. The van der Waals surface area contributed by atoms with Crippen molar-refractivity contribution in [3.05, 3.63) is 58.9 Å². The number of rotatable bonds is 2. The molecule has 1 unspecified atom stereocenters. The highest BCUT2D eigenvalue weighted by molar-refractivity contribution is 5.75. The van der Waals surface area contributed by atoms with Gasteiger partial charge in [0.2, 0.25) is 0 Å². The third kappa shape index (κ3) is 2.50. The molecule has 0 aliphatic carbocycles. The Morgan fingerprint density at radius 1 is 1.17 bits per heavy atom. The highest BCUT2D eigenvalue weighted by atomic mass is 16.5. The van der Waals surface area contributed by atoms with Crippen molar-refractivity contribution in [3.63, 3.8) is 0 Å². The molecule has 1 aliphatic heterocycles. The molecule has 0 amide bonds. The molecule has 0 bridgehead atoms. The molecule has 6 nitrogen and oxygen atoms in total. The fourth-order valence-electron chi connectivity index (χ4n) is 2.86. The second kappa shape index (κ2) is 5.96. The standard InChI is InChI=1S/C18H17N3O3/c1-12(13-3-4-16-17(9-13)24-8-2-7-23-16)21-11-20-15-10-19-6-5-14(15)18(21)22/h3-6,9-12H,2,7-8H2,1H3. The summed E-state index contributed by atoms with van der Waals surface area (Å²) < 4.78 is 13.0. The average molecular weight is 323 g/mol. The number of pyridine rings is 1. The summed E-state index contributed by atoms with van der Waals surface area (Å²) in [5.41, 5.74) is 1.49. The molecule has 122 valence electrons. The zero-order valence-corrected chi connectivity index (χ0v) is 13.3. The molecule has 3 heterocycles. The highest BCUT2D eigenvalue weighted by Gasteiger charge is 2.16. The van der Waals surface area contributed by atoms with Crippen LogP contribution < -0.4 is 15.0 Å². The molecule has 2 aromatic heterocycles. The summed E-state index contributed by atoms with van der Waals surface area (Å²) in [6, 6.07) is 7.33. The number of hydrogen-bond acceptors (Lipinski definition) is 5. The van der Waals surface area contributed by atoms with Gasteiger partial charge in [0.15, 0.2) is 11.5 Å². The fraction of sp³-hybridized carbons (Fsp3) is 0.278. The zero-order chi connectivity index (χ0) is 16.5. The Morgan fingerprint density at radius 3 is 2.88 bits per heavy atom. The van der Waals surface area contributed by atoms with Gasteiger partial charge in [-0.15, -0.1) is 0 Å². The summed E-state index contributed by atoms with van der Waals surface area (Å²) in [5, 5.41) is 0.564. The lowest BCUT2D eigenvalue weighted by Crippen LogP contribution is -2.24. The van der Waals surface area contributed by atoms with Gasteiger partial charge in [0.25, 0.3) is 5.56 Å². The van der Waals surface area contributed by atoms with E-state index in [1.165, 1.54) is 0 Å². The summed E-state index contributed by atoms with van der Waals surface area (Å²) in [6.45, 7) is 3.26. The first-order chi connectivity index (χ1) is 11.7. The highest BCUT2D eigenvalue weighted by Crippen LogP contribution is 2.32. The molecule has 0 saturated heterocycles. The minimum absolute atomic E-state index is 0.0815. The van der Waals surface area contributed by atoms with Gasteiger partial charge in [-0.2, -0.15) is 0 Å². The monoisotopic (exact) mass is 323 g/mol. The van der Waals surface area contributed by atoms with Crippen LogP contribution in [0.4, 0.5) is 0 Å². The largest absolute Gasteiger partial charge is 0.490 e. The molecule has 0 radical (unpaired) electrons. The van der Waals surface area contributed by atoms with E-state index in [1.54, 1.807) is 29.4 Å². The first kappa shape index (κ1) is 14.7. The van der Waals surface area contributed by atoms with Gasteiger partial charge < -0.3 is 9.47 Å². The van der Waals surface area contributed by atoms with E-state index in [1.807, 2.05) is 25.1 Å². The van der Waals surface area contributed by atoms with Gasteiger partial charge in [0.05, 0.1) is 42.7 Å². The first-order valence-electron chi connectivity index (χ1n) is 7.94. The summed E-state index contributed by atoms with van der Waals surface area (Å²) in [5.74, 6) is 1.47. The van der Waals surface area contributed by atoms with Crippen LogP contribution in [0.1, 0.15) is 24.9 Å². The lowest BCUT2D eigenvalue weighted by Gasteiger charge is -2.17. The van der Waals surface area contributed by atoms with E-state index in [2.05, 4.69) is 9.97 Å². The van der Waals surface area contributed by atoms with Crippen LogP contribution in [0.3, 0.4) is 0 Å². The maximum Gasteiger partial charge on any atom is 0.261 e. The number of fused-ring (bicyclic) bond motifs is 2. The SMILES string of the molecule is CC(c1ccc2c(c1)OCCCO2)n1cnc2cnccc2c1=O. The topological polar surface area (TPSA) is 66.2 Å². The number of aromatic nitrogens is 3. The molecule has 1 atom stereocenters. The lowest BCUT2D eigenvalue weighted by atomic mass is 10.1. The minimum Gasteiger partial charge on any atom is -0.490 e. The third-order valence-electron chi connectivity index (χ3n) is 4.26. The summed E-state index contributed by atoms with van der Waals surface area (Å²) in [7, 11) is 0. The summed E-state index contributed by atoms with van der Waals surface area (Å²) in [4.78, 5) is 21.1. The molecule has 0 N–H and O–H groups in total. The van der Waals surface area contributed by atoms with Crippen molar-refractivity contribution < 1.29 is 9.47 Å². The second-order valence-electron chi connectivity index (χ2n) is 5.78. The van der Waals surface area contributed by atoms with Gasteiger partial charge in [-0.3, -0.25) is 14.3 Å². The van der Waals surface area contributed by atoms with Crippen molar-refractivity contribution in [1.82, 2.24) is 14.5 Å². The van der Waals surface area contributed by atoms with Crippen molar-refractivity contribution in [1.29, 1.82) is 0 Å². The quantitative estimate of drug-likeness (QED) is 0.725. The molecule has 1 aromatic carbocycles. The smallest absolute Gasteiger partial charge is 0.261 e. The Kier molecular flexibility index (Phi) is 3.65. The Labute approximate surface area is 138 Å². The maximum absolute atomic E-state index is 12.7. The molecule has 3 aromatic rings. The molecule has 0 fully saturated rings. The predicted molar refractivity (Wildman–Crippen MR) is 89.7 cm³/mol. The normalized spacial score (nSPS) is 15.0. The van der Waals surface area contributed by atoms with E-state index in [0.29, 0.717) is 24.1 Å². The van der Waals surface area contributed by atoms with E-state index < -0.39 is 0 Å². The van der Waals surface area contributed by atoms with E-state index in [4.69, 9.17) is 9.47 Å². The summed E-state index contributed by atoms with van der Waals surface area (Å²) in [6.07, 6.45) is 5.63. The molecular formula is C18H17N3O3. The van der Waals surface area contributed by atoms with Gasteiger partial charge in [-0.1, -0.05) is 6.07 Å². The van der Waals surface area contributed by atoms with Crippen molar-refractivity contribution in [3.8, 4) is 11.5 Å². The fourth-order valence-corrected chi connectivity index (χ4v) is 2.86. The molecule has 4 rings (SSSR count). The third-order valence-corrected chi connectivity index (χ3v) is 4.26. The lowest BCUT2D eigenvalue weighted by molar-refractivity contribution is 0.297. The van der Waals surface area contributed by atoms with Crippen LogP contribution in [0.2, 0.25) is 0 Å².